The Balaban J connectivity index is 1.70. The first-order valence-corrected chi connectivity index (χ1v) is 8.47. The molecule has 1 saturated heterocycles. The number of carbonyl (C=O) groups is 2. The van der Waals surface area contributed by atoms with Crippen LogP contribution in [0.15, 0.2) is 12.3 Å². The minimum atomic E-state index is -0.917. The second kappa shape index (κ2) is 7.08. The van der Waals surface area contributed by atoms with Gasteiger partial charge in [-0.25, -0.2) is 0 Å². The van der Waals surface area contributed by atoms with Crippen LogP contribution in [0, 0.1) is 13.8 Å². The van der Waals surface area contributed by atoms with Crippen molar-refractivity contribution in [2.24, 2.45) is 0 Å². The first-order valence-electron chi connectivity index (χ1n) is 8.47. The zero-order valence-corrected chi connectivity index (χ0v) is 14.5. The van der Waals surface area contributed by atoms with E-state index >= 15 is 0 Å². The Morgan fingerprint density at radius 2 is 2.20 bits per heavy atom. The highest BCUT2D eigenvalue weighted by Crippen LogP contribution is 2.27. The topological polar surface area (TPSA) is 104 Å². The van der Waals surface area contributed by atoms with Gasteiger partial charge in [0.2, 0.25) is 5.91 Å². The summed E-state index contributed by atoms with van der Waals surface area (Å²) in [6, 6.07) is 1.85. The third-order valence-electron chi connectivity index (χ3n) is 4.84. The number of aromatic nitrogens is 4. The summed E-state index contributed by atoms with van der Waals surface area (Å²) < 4.78 is 1.52. The van der Waals surface area contributed by atoms with Gasteiger partial charge in [0.05, 0.1) is 12.1 Å². The normalized spacial score (nSPS) is 17.7. The maximum absolute atomic E-state index is 12.7. The van der Waals surface area contributed by atoms with Crippen molar-refractivity contribution >= 4 is 11.9 Å². The quantitative estimate of drug-likeness (QED) is 0.849. The van der Waals surface area contributed by atoms with E-state index in [9.17, 15) is 9.59 Å². The lowest BCUT2D eigenvalue weighted by Crippen LogP contribution is -2.40. The van der Waals surface area contributed by atoms with Gasteiger partial charge in [-0.05, 0) is 32.8 Å². The third kappa shape index (κ3) is 3.72. The average molecular weight is 345 g/mol. The molecule has 134 valence electrons. The molecule has 3 heterocycles. The summed E-state index contributed by atoms with van der Waals surface area (Å²) in [4.78, 5) is 25.6. The fraction of sp³-hybridized carbons (Fsp3) is 0.529. The summed E-state index contributed by atoms with van der Waals surface area (Å²) in [6.45, 7) is 5.00. The Labute approximate surface area is 145 Å². The van der Waals surface area contributed by atoms with E-state index in [2.05, 4.69) is 15.3 Å². The highest BCUT2D eigenvalue weighted by atomic mass is 16.4. The summed E-state index contributed by atoms with van der Waals surface area (Å²) in [5, 5.41) is 20.2. The van der Waals surface area contributed by atoms with Crippen LogP contribution in [0.2, 0.25) is 0 Å². The van der Waals surface area contributed by atoms with Gasteiger partial charge in [0, 0.05) is 42.2 Å². The van der Waals surface area contributed by atoms with Crippen LogP contribution in [0.25, 0.3) is 0 Å². The van der Waals surface area contributed by atoms with Crippen LogP contribution < -0.4 is 0 Å². The number of aliphatic carboxylic acids is 1. The van der Waals surface area contributed by atoms with Crippen LogP contribution in [0.5, 0.6) is 0 Å². The van der Waals surface area contributed by atoms with Gasteiger partial charge < -0.3 is 10.0 Å². The number of nitrogens with one attached hydrogen (secondary N) is 1. The second-order valence-electron chi connectivity index (χ2n) is 6.58. The van der Waals surface area contributed by atoms with E-state index in [1.54, 1.807) is 6.20 Å². The number of H-pyrrole nitrogens is 1. The van der Waals surface area contributed by atoms with Gasteiger partial charge >= 0.3 is 5.97 Å². The lowest BCUT2D eigenvalue weighted by atomic mass is 9.94. The summed E-state index contributed by atoms with van der Waals surface area (Å²) in [5.41, 5.74) is 3.64. The largest absolute Gasteiger partial charge is 0.480 e. The minimum Gasteiger partial charge on any atom is -0.480 e. The van der Waals surface area contributed by atoms with Gasteiger partial charge in [-0.3, -0.25) is 19.4 Å². The molecule has 1 atom stereocenters. The number of carboxylic acids is 1. The molecule has 1 fully saturated rings. The number of amides is 1. The molecular weight excluding hydrogens is 322 g/mol. The molecule has 3 rings (SSSR count). The molecule has 0 bridgehead atoms. The van der Waals surface area contributed by atoms with E-state index in [1.165, 1.54) is 4.68 Å². The van der Waals surface area contributed by atoms with E-state index < -0.39 is 5.97 Å². The highest BCUT2D eigenvalue weighted by molar-refractivity contribution is 5.79. The summed E-state index contributed by atoms with van der Waals surface area (Å²) >= 11 is 0. The van der Waals surface area contributed by atoms with Crippen LogP contribution in [-0.4, -0.2) is 55.0 Å². The fourth-order valence-corrected chi connectivity index (χ4v) is 3.49. The van der Waals surface area contributed by atoms with Gasteiger partial charge in [0.25, 0.3) is 0 Å². The molecular formula is C17H23N5O3. The second-order valence-corrected chi connectivity index (χ2v) is 6.58. The summed E-state index contributed by atoms with van der Waals surface area (Å²) in [7, 11) is 0. The first-order chi connectivity index (χ1) is 12.0. The number of rotatable bonds is 5. The van der Waals surface area contributed by atoms with Crippen LogP contribution in [0.3, 0.4) is 0 Å². The molecule has 1 aliphatic rings. The Kier molecular flexibility index (Phi) is 4.87. The lowest BCUT2D eigenvalue weighted by molar-refractivity contribution is -0.138. The molecule has 0 saturated carbocycles. The van der Waals surface area contributed by atoms with Crippen LogP contribution in [0.1, 0.15) is 41.4 Å². The SMILES string of the molecule is Cc1n[nH]c(C)c1CC(=O)N1CCC[C@H](c2ccnn2CC(=O)O)C1. The Bertz CT molecular complexity index is 760. The van der Waals surface area contributed by atoms with Gasteiger partial charge in [-0.15, -0.1) is 0 Å². The molecule has 2 N–H and O–H groups in total. The van der Waals surface area contributed by atoms with E-state index in [0.717, 1.165) is 42.0 Å². The molecule has 2 aromatic rings. The van der Waals surface area contributed by atoms with Gasteiger partial charge in [0.1, 0.15) is 6.54 Å². The summed E-state index contributed by atoms with van der Waals surface area (Å²) in [5.74, 6) is -0.715. The maximum atomic E-state index is 12.7. The van der Waals surface area contributed by atoms with Crippen LogP contribution in [-0.2, 0) is 22.6 Å². The maximum Gasteiger partial charge on any atom is 0.325 e. The number of piperidine rings is 1. The Morgan fingerprint density at radius 1 is 1.40 bits per heavy atom. The fourth-order valence-electron chi connectivity index (χ4n) is 3.49. The number of aryl methyl sites for hydroxylation is 2. The van der Waals surface area contributed by atoms with Crippen molar-refractivity contribution in [2.45, 2.75) is 45.6 Å². The van der Waals surface area contributed by atoms with E-state index in [0.29, 0.717) is 13.0 Å². The van der Waals surface area contributed by atoms with Crippen molar-refractivity contribution in [1.82, 2.24) is 24.9 Å². The predicted octanol–water partition coefficient (Wildman–Crippen LogP) is 1.26. The van der Waals surface area contributed by atoms with Crippen LogP contribution in [0.4, 0.5) is 0 Å². The Morgan fingerprint density at radius 3 is 2.88 bits per heavy atom. The zero-order chi connectivity index (χ0) is 18.0. The molecule has 25 heavy (non-hydrogen) atoms. The van der Waals surface area contributed by atoms with E-state index in [1.807, 2.05) is 24.8 Å². The number of hydrogen-bond donors (Lipinski definition) is 2. The third-order valence-corrected chi connectivity index (χ3v) is 4.84. The van der Waals surface area contributed by atoms with Crippen molar-refractivity contribution in [2.75, 3.05) is 13.1 Å². The van der Waals surface area contributed by atoms with Crippen molar-refractivity contribution in [3.05, 3.63) is 34.9 Å². The number of nitrogens with zero attached hydrogens (tertiary/aromatic N) is 4. The molecule has 8 heteroatoms. The van der Waals surface area contributed by atoms with Crippen LogP contribution >= 0.6 is 0 Å². The molecule has 2 aromatic heterocycles. The number of aromatic amines is 1. The molecule has 0 radical (unpaired) electrons. The standard InChI is InChI=1S/C17H23N5O3/c1-11-14(12(2)20-19-11)8-16(23)21-7-3-4-13(9-21)15-5-6-18-22(15)10-17(24)25/h5-6,13H,3-4,7-10H2,1-2H3,(H,19,20)(H,24,25)/t13-/m0/s1. The zero-order valence-electron chi connectivity index (χ0n) is 14.5. The van der Waals surface area contributed by atoms with Crippen molar-refractivity contribution in [1.29, 1.82) is 0 Å². The number of carbonyl (C=O) groups excluding carboxylic acids is 1. The van der Waals surface area contributed by atoms with Crippen molar-refractivity contribution in [3.63, 3.8) is 0 Å². The van der Waals surface area contributed by atoms with E-state index in [4.69, 9.17) is 5.11 Å². The van der Waals surface area contributed by atoms with Crippen molar-refractivity contribution in [3.8, 4) is 0 Å². The molecule has 8 nitrogen and oxygen atoms in total. The molecule has 1 aliphatic heterocycles. The smallest absolute Gasteiger partial charge is 0.325 e. The lowest BCUT2D eigenvalue weighted by Gasteiger charge is -2.33. The molecule has 0 spiro atoms. The van der Waals surface area contributed by atoms with Gasteiger partial charge in [-0.1, -0.05) is 0 Å². The Hall–Kier alpha value is -2.64. The van der Waals surface area contributed by atoms with Crippen molar-refractivity contribution < 1.29 is 14.7 Å². The molecule has 0 unspecified atom stereocenters. The number of carboxylic acid groups (broad SMARTS) is 1. The molecule has 1 amide bonds. The number of likely N-dealkylation sites (tertiary alicyclic amines) is 1. The highest BCUT2D eigenvalue weighted by Gasteiger charge is 2.27. The first kappa shape index (κ1) is 17.2. The minimum absolute atomic E-state index is 0.0848. The monoisotopic (exact) mass is 345 g/mol. The van der Waals surface area contributed by atoms with Gasteiger partial charge in [0.15, 0.2) is 0 Å². The number of hydrogen-bond acceptors (Lipinski definition) is 4. The van der Waals surface area contributed by atoms with Gasteiger partial charge in [-0.2, -0.15) is 10.2 Å². The average Bonchev–Trinajstić information content (AvgIpc) is 3.16. The van der Waals surface area contributed by atoms with E-state index in [-0.39, 0.29) is 18.4 Å². The molecule has 0 aliphatic carbocycles. The predicted molar refractivity (Wildman–Crippen MR) is 90.2 cm³/mol. The summed E-state index contributed by atoms with van der Waals surface area (Å²) in [6.07, 6.45) is 3.80. The molecule has 0 aromatic carbocycles.